The molecule has 4 rings (SSSR count). The monoisotopic (exact) mass is 532 g/mol. The van der Waals surface area contributed by atoms with E-state index in [-0.39, 0.29) is 23.1 Å². The number of halogens is 2. The van der Waals surface area contributed by atoms with Crippen molar-refractivity contribution in [2.45, 2.75) is 12.8 Å². The molecule has 0 fully saturated rings. The third kappa shape index (κ3) is 6.20. The van der Waals surface area contributed by atoms with E-state index < -0.39 is 11.7 Å². The first-order valence-electron chi connectivity index (χ1n) is 11.3. The Morgan fingerprint density at radius 2 is 1.73 bits per heavy atom. The molecule has 0 saturated heterocycles. The Morgan fingerprint density at radius 3 is 2.43 bits per heavy atom. The number of anilines is 2. The van der Waals surface area contributed by atoms with Crippen molar-refractivity contribution in [2.75, 3.05) is 16.4 Å². The van der Waals surface area contributed by atoms with Gasteiger partial charge >= 0.3 is 0 Å². The Labute approximate surface area is 223 Å². The number of benzene rings is 3. The Bertz CT molecular complexity index is 1450. The Balaban J connectivity index is 1.64. The van der Waals surface area contributed by atoms with Gasteiger partial charge in [0, 0.05) is 27.7 Å². The lowest BCUT2D eigenvalue weighted by Gasteiger charge is -2.30. The normalized spacial score (nSPS) is 15.0. The summed E-state index contributed by atoms with van der Waals surface area (Å²) in [5.74, 6) is -2.00. The van der Waals surface area contributed by atoms with Gasteiger partial charge in [-0.05, 0) is 48.9 Å². The fraction of sp³-hybridized carbons (Fsp3) is 0.107. The smallest absolute Gasteiger partial charge is 0.254 e. The van der Waals surface area contributed by atoms with E-state index in [1.54, 1.807) is 49.4 Å². The van der Waals surface area contributed by atoms with Crippen LogP contribution in [0, 0.1) is 17.1 Å². The van der Waals surface area contributed by atoms with Gasteiger partial charge in [-0.3, -0.25) is 9.59 Å². The summed E-state index contributed by atoms with van der Waals surface area (Å²) >= 11 is 7.65. The molecule has 0 spiro atoms. The number of hydrogen-bond donors (Lipinski definition) is 3. The summed E-state index contributed by atoms with van der Waals surface area (Å²) in [7, 11) is 0. The highest BCUT2D eigenvalue weighted by molar-refractivity contribution is 8.03. The standard InChI is InChI=1S/C28H22ClFN4O2S/c1-17-25(27(36)34-19-9-3-2-4-10-19)26(21-12-5-6-13-23(21)29)22(15-31)28(32-17)37-16-24(35)33-20-11-7-8-18(30)14-20/h2-14,26,32H,16H2,1H3,(H,33,35)(H,34,36). The third-order valence-electron chi connectivity index (χ3n) is 5.60. The van der Waals surface area contributed by atoms with Gasteiger partial charge in [0.1, 0.15) is 5.82 Å². The molecule has 1 aliphatic rings. The second kappa shape index (κ2) is 11.8. The van der Waals surface area contributed by atoms with Crippen LogP contribution in [0.5, 0.6) is 0 Å². The molecular formula is C28H22ClFN4O2S. The van der Waals surface area contributed by atoms with Gasteiger partial charge in [0.05, 0.1) is 28.3 Å². The number of nitrogens with zero attached hydrogens (tertiary/aromatic N) is 1. The molecule has 3 aromatic rings. The van der Waals surface area contributed by atoms with E-state index in [0.29, 0.717) is 38.3 Å². The first-order valence-corrected chi connectivity index (χ1v) is 12.6. The molecule has 1 atom stereocenters. The van der Waals surface area contributed by atoms with Gasteiger partial charge in [0.25, 0.3) is 5.91 Å². The van der Waals surface area contributed by atoms with Gasteiger partial charge in [-0.1, -0.05) is 65.8 Å². The predicted molar refractivity (Wildman–Crippen MR) is 145 cm³/mol. The maximum atomic E-state index is 13.5. The van der Waals surface area contributed by atoms with E-state index in [2.05, 4.69) is 22.0 Å². The van der Waals surface area contributed by atoms with Crippen molar-refractivity contribution >= 4 is 46.6 Å². The number of allylic oxidation sites excluding steroid dienone is 2. The highest BCUT2D eigenvalue weighted by Crippen LogP contribution is 2.43. The fourth-order valence-electron chi connectivity index (χ4n) is 3.97. The second-order valence-electron chi connectivity index (χ2n) is 8.14. The zero-order valence-electron chi connectivity index (χ0n) is 19.7. The largest absolute Gasteiger partial charge is 0.353 e. The molecule has 1 heterocycles. The van der Waals surface area contributed by atoms with E-state index in [9.17, 15) is 19.2 Å². The van der Waals surface area contributed by atoms with Crippen LogP contribution in [0.15, 0.2) is 101 Å². The van der Waals surface area contributed by atoms with Crippen molar-refractivity contribution < 1.29 is 14.0 Å². The Morgan fingerprint density at radius 1 is 1.03 bits per heavy atom. The second-order valence-corrected chi connectivity index (χ2v) is 9.53. The summed E-state index contributed by atoms with van der Waals surface area (Å²) in [6.07, 6.45) is 0. The molecule has 6 nitrogen and oxygen atoms in total. The van der Waals surface area contributed by atoms with Crippen LogP contribution < -0.4 is 16.0 Å². The number of carbonyl (C=O) groups excluding carboxylic acids is 2. The average molecular weight is 533 g/mol. The molecule has 37 heavy (non-hydrogen) atoms. The van der Waals surface area contributed by atoms with Crippen LogP contribution in [0.3, 0.4) is 0 Å². The molecule has 186 valence electrons. The van der Waals surface area contributed by atoms with Crippen LogP contribution in [-0.2, 0) is 9.59 Å². The number of rotatable bonds is 7. The van der Waals surface area contributed by atoms with Crippen molar-refractivity contribution in [1.82, 2.24) is 5.32 Å². The lowest BCUT2D eigenvalue weighted by molar-refractivity contribution is -0.114. The number of hydrogen-bond acceptors (Lipinski definition) is 5. The molecule has 9 heteroatoms. The Hall–Kier alpha value is -4.06. The van der Waals surface area contributed by atoms with Gasteiger partial charge in [-0.25, -0.2) is 4.39 Å². The SMILES string of the molecule is CC1=C(C(=O)Nc2ccccc2)C(c2ccccc2Cl)C(C#N)=C(SCC(=O)Nc2cccc(F)c2)N1. The van der Waals surface area contributed by atoms with E-state index in [4.69, 9.17) is 11.6 Å². The van der Waals surface area contributed by atoms with Gasteiger partial charge < -0.3 is 16.0 Å². The van der Waals surface area contributed by atoms with Gasteiger partial charge in [-0.15, -0.1) is 0 Å². The number of nitrogens with one attached hydrogen (secondary N) is 3. The first-order chi connectivity index (χ1) is 17.9. The Kier molecular flexibility index (Phi) is 8.29. The molecule has 0 aliphatic carbocycles. The van der Waals surface area contributed by atoms with Gasteiger partial charge in [-0.2, -0.15) is 5.26 Å². The van der Waals surface area contributed by atoms with Crippen LogP contribution >= 0.6 is 23.4 Å². The van der Waals surface area contributed by atoms with Gasteiger partial charge in [0.15, 0.2) is 0 Å². The minimum atomic E-state index is -0.752. The van der Waals surface area contributed by atoms with Crippen molar-refractivity contribution in [1.29, 1.82) is 5.26 Å². The number of amides is 2. The number of dihydropyridines is 1. The minimum Gasteiger partial charge on any atom is -0.353 e. The maximum absolute atomic E-state index is 13.5. The molecule has 2 amide bonds. The van der Waals surface area contributed by atoms with Crippen LogP contribution in [0.2, 0.25) is 5.02 Å². The summed E-state index contributed by atoms with van der Waals surface area (Å²) in [4.78, 5) is 26.0. The van der Waals surface area contributed by atoms with Crippen LogP contribution in [0.4, 0.5) is 15.8 Å². The maximum Gasteiger partial charge on any atom is 0.254 e. The van der Waals surface area contributed by atoms with E-state index >= 15 is 0 Å². The molecule has 3 aromatic carbocycles. The van der Waals surface area contributed by atoms with Crippen LogP contribution in [0.25, 0.3) is 0 Å². The number of nitriles is 1. The molecule has 1 aliphatic heterocycles. The molecule has 0 aromatic heterocycles. The predicted octanol–water partition coefficient (Wildman–Crippen LogP) is 6.19. The quantitative estimate of drug-likeness (QED) is 0.337. The molecule has 1 unspecified atom stereocenters. The van der Waals surface area contributed by atoms with Crippen LogP contribution in [0.1, 0.15) is 18.4 Å². The van der Waals surface area contributed by atoms with Crippen molar-refractivity contribution in [3.05, 3.63) is 117 Å². The van der Waals surface area contributed by atoms with Crippen molar-refractivity contribution in [2.24, 2.45) is 0 Å². The minimum absolute atomic E-state index is 0.0436. The topological polar surface area (TPSA) is 94.0 Å². The molecular weight excluding hydrogens is 511 g/mol. The highest BCUT2D eigenvalue weighted by atomic mass is 35.5. The molecule has 3 N–H and O–H groups in total. The first kappa shape index (κ1) is 26.0. The number of para-hydroxylation sites is 1. The summed E-state index contributed by atoms with van der Waals surface area (Å²) in [6.45, 7) is 1.74. The number of carbonyl (C=O) groups is 2. The van der Waals surface area contributed by atoms with Crippen molar-refractivity contribution in [3.63, 3.8) is 0 Å². The average Bonchev–Trinajstić information content (AvgIpc) is 2.88. The van der Waals surface area contributed by atoms with E-state index in [0.717, 1.165) is 11.8 Å². The van der Waals surface area contributed by atoms with Crippen LogP contribution in [-0.4, -0.2) is 17.6 Å². The summed E-state index contributed by atoms with van der Waals surface area (Å²) in [5, 5.41) is 19.7. The lowest BCUT2D eigenvalue weighted by atomic mass is 9.82. The zero-order chi connectivity index (χ0) is 26.4. The van der Waals surface area contributed by atoms with Gasteiger partial charge in [0.2, 0.25) is 5.91 Å². The fourth-order valence-corrected chi connectivity index (χ4v) is 5.11. The summed E-state index contributed by atoms with van der Waals surface area (Å²) in [6, 6.07) is 23.9. The van der Waals surface area contributed by atoms with E-state index in [1.807, 2.05) is 18.2 Å². The van der Waals surface area contributed by atoms with Crippen molar-refractivity contribution in [3.8, 4) is 6.07 Å². The molecule has 0 bridgehead atoms. The van der Waals surface area contributed by atoms with E-state index in [1.165, 1.54) is 18.2 Å². The summed E-state index contributed by atoms with van der Waals surface area (Å²) in [5.41, 5.74) is 2.69. The third-order valence-corrected chi connectivity index (χ3v) is 6.96. The lowest BCUT2D eigenvalue weighted by Crippen LogP contribution is -2.31. The highest BCUT2D eigenvalue weighted by Gasteiger charge is 2.35. The summed E-state index contributed by atoms with van der Waals surface area (Å²) < 4.78 is 13.5. The zero-order valence-corrected chi connectivity index (χ0v) is 21.3. The molecule has 0 saturated carbocycles. The number of thioether (sulfide) groups is 1. The molecule has 0 radical (unpaired) electrons.